The van der Waals surface area contributed by atoms with Gasteiger partial charge in [-0.15, -0.1) is 13.2 Å². The van der Waals surface area contributed by atoms with Gasteiger partial charge in [-0.3, -0.25) is 20.4 Å². The second kappa shape index (κ2) is 9.14. The van der Waals surface area contributed by atoms with Crippen molar-refractivity contribution in [3.05, 3.63) is 64.7 Å². The fourth-order valence-electron chi connectivity index (χ4n) is 5.65. The first-order valence-electron chi connectivity index (χ1n) is 11.6. The molecule has 0 bridgehead atoms. The van der Waals surface area contributed by atoms with Gasteiger partial charge in [0.1, 0.15) is 17.6 Å². The highest BCUT2D eigenvalue weighted by atomic mass is 19.4. The molecule has 0 spiro atoms. The number of Topliss-reactive ketones (excluding diaryl/α,β-unsaturated/α-hetero) is 1. The zero-order chi connectivity index (χ0) is 27.2. The van der Waals surface area contributed by atoms with Crippen molar-refractivity contribution in [1.82, 2.24) is 5.43 Å². The average Bonchev–Trinajstić information content (AvgIpc) is 2.84. The Morgan fingerprint density at radius 2 is 1.84 bits per heavy atom. The van der Waals surface area contributed by atoms with Gasteiger partial charge < -0.3 is 9.47 Å². The number of carbonyl (C=O) groups is 2. The Hall–Kier alpha value is -4.00. The number of nitrogens with one attached hydrogen (secondary N) is 2. The van der Waals surface area contributed by atoms with Gasteiger partial charge in [-0.25, -0.2) is 0 Å². The molecule has 7 nitrogen and oxygen atoms in total. The van der Waals surface area contributed by atoms with Gasteiger partial charge in [-0.1, -0.05) is 26.8 Å². The normalized spacial score (nSPS) is 22.1. The Balaban J connectivity index is 1.60. The van der Waals surface area contributed by atoms with E-state index in [0.29, 0.717) is 24.3 Å². The molecule has 2 aliphatic rings. The van der Waals surface area contributed by atoms with E-state index in [1.165, 1.54) is 19.2 Å². The molecule has 0 saturated carbocycles. The molecule has 2 aromatic rings. The number of nitrogens with zero attached hydrogens (tertiary/aromatic N) is 1. The summed E-state index contributed by atoms with van der Waals surface area (Å²) in [5.41, 5.74) is 6.44. The van der Waals surface area contributed by atoms with Crippen molar-refractivity contribution in [2.75, 3.05) is 12.5 Å². The maximum Gasteiger partial charge on any atom is 0.573 e. The van der Waals surface area contributed by atoms with E-state index in [4.69, 9.17) is 4.74 Å². The van der Waals surface area contributed by atoms with Crippen molar-refractivity contribution in [1.29, 1.82) is 5.26 Å². The van der Waals surface area contributed by atoms with Crippen LogP contribution in [0, 0.1) is 22.7 Å². The number of benzene rings is 2. The highest BCUT2D eigenvalue weighted by Crippen LogP contribution is 2.55. The summed E-state index contributed by atoms with van der Waals surface area (Å²) in [5.74, 6) is -0.764. The van der Waals surface area contributed by atoms with E-state index < -0.39 is 23.1 Å². The SMILES string of the molecule is COc1cc2c(cc1C(=O)NNc1ccc(OC(F)(F)F)cc1)CC[C@H]1C(C)(C)C(=O)C(C#N)=C[C@]21C. The Kier molecular flexibility index (Phi) is 6.44. The Morgan fingerprint density at radius 3 is 2.43 bits per heavy atom. The van der Waals surface area contributed by atoms with E-state index in [1.54, 1.807) is 18.2 Å². The quantitative estimate of drug-likeness (QED) is 0.531. The summed E-state index contributed by atoms with van der Waals surface area (Å²) in [4.78, 5) is 25.9. The number of rotatable bonds is 5. The lowest BCUT2D eigenvalue weighted by atomic mass is 9.51. The third kappa shape index (κ3) is 4.73. The number of hydrogen-bond donors (Lipinski definition) is 2. The van der Waals surface area contributed by atoms with Crippen molar-refractivity contribution < 1.29 is 32.2 Å². The minimum Gasteiger partial charge on any atom is -0.496 e. The first-order valence-corrected chi connectivity index (χ1v) is 11.6. The van der Waals surface area contributed by atoms with Crippen LogP contribution in [0.2, 0.25) is 0 Å². The predicted octanol–water partition coefficient (Wildman–Crippen LogP) is 5.23. The molecule has 4 rings (SSSR count). The topological polar surface area (TPSA) is 100 Å². The molecule has 0 saturated heterocycles. The van der Waals surface area contributed by atoms with E-state index in [-0.39, 0.29) is 28.6 Å². The second-order valence-corrected chi connectivity index (χ2v) is 9.96. The number of ether oxygens (including phenoxy) is 2. The van der Waals surface area contributed by atoms with Crippen LogP contribution in [0.1, 0.15) is 48.7 Å². The summed E-state index contributed by atoms with van der Waals surface area (Å²) >= 11 is 0. The molecule has 194 valence electrons. The number of amides is 1. The Bertz CT molecular complexity index is 1330. The molecule has 2 N–H and O–H groups in total. The number of methoxy groups -OCH3 is 1. The monoisotopic (exact) mass is 513 g/mol. The van der Waals surface area contributed by atoms with Gasteiger partial charge in [-0.05, 0) is 66.3 Å². The van der Waals surface area contributed by atoms with Crippen molar-refractivity contribution in [3.8, 4) is 17.6 Å². The summed E-state index contributed by atoms with van der Waals surface area (Å²) in [6, 6.07) is 10.5. The van der Waals surface area contributed by atoms with Gasteiger partial charge >= 0.3 is 6.36 Å². The van der Waals surface area contributed by atoms with Gasteiger partial charge in [0.25, 0.3) is 5.91 Å². The molecule has 0 fully saturated rings. The van der Waals surface area contributed by atoms with Crippen molar-refractivity contribution in [2.24, 2.45) is 11.3 Å². The fraction of sp³-hybridized carbons (Fsp3) is 0.370. The molecule has 2 atom stereocenters. The third-order valence-corrected chi connectivity index (χ3v) is 7.35. The predicted molar refractivity (Wildman–Crippen MR) is 129 cm³/mol. The van der Waals surface area contributed by atoms with E-state index >= 15 is 0 Å². The number of nitriles is 1. The first-order chi connectivity index (χ1) is 17.3. The van der Waals surface area contributed by atoms with Gasteiger partial charge in [0.2, 0.25) is 0 Å². The number of aryl methyl sites for hydroxylation is 1. The molecule has 0 heterocycles. The number of fused-ring (bicyclic) bond motifs is 3. The van der Waals surface area contributed by atoms with Crippen LogP contribution >= 0.6 is 0 Å². The summed E-state index contributed by atoms with van der Waals surface area (Å²) in [6.07, 6.45) is -1.70. The smallest absolute Gasteiger partial charge is 0.496 e. The van der Waals surface area contributed by atoms with Crippen LogP contribution in [0.25, 0.3) is 0 Å². The summed E-state index contributed by atoms with van der Waals surface area (Å²) < 4.78 is 46.4. The number of allylic oxidation sites excluding steroid dienone is 2. The molecule has 0 aliphatic heterocycles. The molecule has 0 radical (unpaired) electrons. The average molecular weight is 514 g/mol. The van der Waals surface area contributed by atoms with Crippen LogP contribution in [0.3, 0.4) is 0 Å². The number of hydrazine groups is 1. The molecular weight excluding hydrogens is 487 g/mol. The van der Waals surface area contributed by atoms with Crippen LogP contribution in [0.4, 0.5) is 18.9 Å². The van der Waals surface area contributed by atoms with Gasteiger partial charge in [0.15, 0.2) is 5.78 Å². The lowest BCUT2D eigenvalue weighted by Crippen LogP contribution is -2.51. The lowest BCUT2D eigenvalue weighted by Gasteiger charge is -2.51. The maximum absolute atomic E-state index is 13.0. The number of hydrogen-bond acceptors (Lipinski definition) is 6. The lowest BCUT2D eigenvalue weighted by molar-refractivity contribution is -0.274. The van der Waals surface area contributed by atoms with Crippen LogP contribution in [0.15, 0.2) is 48.0 Å². The highest BCUT2D eigenvalue weighted by Gasteiger charge is 2.54. The molecule has 10 heteroatoms. The van der Waals surface area contributed by atoms with Crippen LogP contribution in [-0.2, 0) is 16.6 Å². The van der Waals surface area contributed by atoms with Crippen LogP contribution < -0.4 is 20.3 Å². The molecule has 0 unspecified atom stereocenters. The zero-order valence-corrected chi connectivity index (χ0v) is 20.7. The molecular formula is C27H26F3N3O4. The molecule has 2 aromatic carbocycles. The molecule has 2 aliphatic carbocycles. The summed E-state index contributed by atoms with van der Waals surface area (Å²) in [5, 5.41) is 9.60. The minimum atomic E-state index is -4.79. The van der Waals surface area contributed by atoms with Crippen molar-refractivity contribution in [2.45, 2.75) is 45.4 Å². The number of halogens is 3. The summed E-state index contributed by atoms with van der Waals surface area (Å²) in [6.45, 7) is 5.76. The summed E-state index contributed by atoms with van der Waals surface area (Å²) in [7, 11) is 1.44. The van der Waals surface area contributed by atoms with E-state index in [2.05, 4.69) is 15.6 Å². The maximum atomic E-state index is 13.0. The number of carbonyl (C=O) groups excluding carboxylic acids is 2. The fourth-order valence-corrected chi connectivity index (χ4v) is 5.65. The van der Waals surface area contributed by atoms with Crippen molar-refractivity contribution >= 4 is 17.4 Å². The minimum absolute atomic E-state index is 0.0348. The first kappa shape index (κ1) is 26.1. The third-order valence-electron chi connectivity index (χ3n) is 7.35. The van der Waals surface area contributed by atoms with Gasteiger partial charge in [0, 0.05) is 10.8 Å². The number of anilines is 1. The number of ketones is 1. The van der Waals surface area contributed by atoms with Gasteiger partial charge in [0.05, 0.1) is 23.9 Å². The second-order valence-electron chi connectivity index (χ2n) is 9.96. The van der Waals surface area contributed by atoms with Crippen LogP contribution in [0.5, 0.6) is 11.5 Å². The molecule has 37 heavy (non-hydrogen) atoms. The zero-order valence-electron chi connectivity index (χ0n) is 20.7. The molecule has 1 amide bonds. The van der Waals surface area contributed by atoms with Crippen LogP contribution in [-0.4, -0.2) is 25.2 Å². The Morgan fingerprint density at radius 1 is 1.16 bits per heavy atom. The van der Waals surface area contributed by atoms with Crippen molar-refractivity contribution in [3.63, 3.8) is 0 Å². The number of alkyl halides is 3. The van der Waals surface area contributed by atoms with Gasteiger partial charge in [-0.2, -0.15) is 5.26 Å². The molecule has 0 aromatic heterocycles. The standard InChI is InChI=1S/C27H26F3N3O4/c1-25(2)22-10-5-15-11-19(21(36-4)12-20(15)26(22,3)13-16(14-31)23(25)34)24(35)33-32-17-6-8-18(9-7-17)37-27(28,29)30/h6-9,11-13,22,32H,5,10H2,1-4H3,(H,33,35)/t22-,26+/m0/s1. The Labute approximate surface area is 212 Å². The largest absolute Gasteiger partial charge is 0.573 e. The van der Waals surface area contributed by atoms with E-state index in [1.807, 2.05) is 26.8 Å². The highest BCUT2D eigenvalue weighted by molar-refractivity contribution is 6.04. The van der Waals surface area contributed by atoms with E-state index in [0.717, 1.165) is 23.3 Å². The van der Waals surface area contributed by atoms with E-state index in [9.17, 15) is 28.0 Å².